The van der Waals surface area contributed by atoms with E-state index in [4.69, 9.17) is 14.2 Å². The van der Waals surface area contributed by atoms with Gasteiger partial charge >= 0.3 is 17.9 Å². The zero-order valence-corrected chi connectivity index (χ0v) is 40.3. The molecule has 0 aromatic heterocycles. The van der Waals surface area contributed by atoms with Crippen molar-refractivity contribution in [3.8, 4) is 0 Å². The number of hydrogen-bond acceptors (Lipinski definition) is 6. The van der Waals surface area contributed by atoms with Gasteiger partial charge in [-0.25, -0.2) is 0 Å². The van der Waals surface area contributed by atoms with Crippen LogP contribution in [0.5, 0.6) is 0 Å². The van der Waals surface area contributed by atoms with Crippen LogP contribution in [0.4, 0.5) is 0 Å². The second-order valence-corrected chi connectivity index (χ2v) is 16.1. The van der Waals surface area contributed by atoms with E-state index in [0.717, 1.165) is 96.3 Å². The van der Waals surface area contributed by atoms with Crippen LogP contribution in [0.3, 0.4) is 0 Å². The van der Waals surface area contributed by atoms with Gasteiger partial charge in [0.25, 0.3) is 0 Å². The summed E-state index contributed by atoms with van der Waals surface area (Å²) in [5.41, 5.74) is 0. The minimum absolute atomic E-state index is 0.124. The molecule has 0 N–H and O–H groups in total. The molecule has 1 atom stereocenters. The Morgan fingerprint density at radius 1 is 0.349 bits per heavy atom. The third kappa shape index (κ3) is 48.7. The molecule has 0 aromatic carbocycles. The molecule has 354 valence electrons. The van der Waals surface area contributed by atoms with Crippen LogP contribution in [0.2, 0.25) is 0 Å². The number of ether oxygens (including phenoxy) is 3. The molecule has 63 heavy (non-hydrogen) atoms. The van der Waals surface area contributed by atoms with Crippen molar-refractivity contribution in [2.45, 2.75) is 207 Å². The Hall–Kier alpha value is -4.19. The molecular formula is C57H90O6. The van der Waals surface area contributed by atoms with Crippen molar-refractivity contribution >= 4 is 17.9 Å². The Morgan fingerprint density at radius 3 is 1.21 bits per heavy atom. The van der Waals surface area contributed by atoms with E-state index >= 15 is 0 Å². The van der Waals surface area contributed by atoms with Crippen molar-refractivity contribution in [2.75, 3.05) is 13.2 Å². The smallest absolute Gasteiger partial charge is 0.306 e. The van der Waals surface area contributed by atoms with Gasteiger partial charge in [-0.3, -0.25) is 14.4 Å². The van der Waals surface area contributed by atoms with E-state index in [1.54, 1.807) is 0 Å². The first-order chi connectivity index (χ1) is 31.0. The lowest BCUT2D eigenvalue weighted by molar-refractivity contribution is -0.167. The summed E-state index contributed by atoms with van der Waals surface area (Å²) in [5, 5.41) is 0. The highest BCUT2D eigenvalue weighted by Gasteiger charge is 2.19. The van der Waals surface area contributed by atoms with Crippen LogP contribution in [0.15, 0.2) is 122 Å². The number of rotatable bonds is 43. The number of carbonyl (C=O) groups is 3. The van der Waals surface area contributed by atoms with Gasteiger partial charge in [0.1, 0.15) is 13.2 Å². The van der Waals surface area contributed by atoms with Crippen LogP contribution in [0, 0.1) is 0 Å². The van der Waals surface area contributed by atoms with Crippen molar-refractivity contribution in [3.05, 3.63) is 122 Å². The maximum atomic E-state index is 12.8. The van der Waals surface area contributed by atoms with Gasteiger partial charge in [-0.1, -0.05) is 200 Å². The van der Waals surface area contributed by atoms with Crippen molar-refractivity contribution < 1.29 is 28.6 Å². The van der Waals surface area contributed by atoms with Gasteiger partial charge in [0.05, 0.1) is 0 Å². The topological polar surface area (TPSA) is 78.9 Å². The molecule has 1 unspecified atom stereocenters. The molecule has 0 saturated carbocycles. The molecular weight excluding hydrogens is 781 g/mol. The summed E-state index contributed by atoms with van der Waals surface area (Å²) in [7, 11) is 0. The fraction of sp³-hybridized carbons (Fsp3) is 0.596. The standard InChI is InChI=1S/C57H90O6/c1-4-7-10-13-16-19-22-25-27-28-30-32-35-38-41-44-47-50-56(59)62-53-54(52-61-55(58)49-46-43-40-37-34-31-24-21-18-15-12-9-6-3)63-57(60)51-48-45-42-39-36-33-29-26-23-20-17-14-11-8-5-2/h9,12,15-21,23-27,30-32,34,38,41,54H,4-8,10-11,13-14,22,28-29,33,35-37,39-40,42-53H2,1-3H3/b12-9-,18-15-,19-16-,20-17-,24-21-,26-23-,27-25-,32-30-,34-31-,41-38-. The third-order valence-corrected chi connectivity index (χ3v) is 10.0. The minimum atomic E-state index is -0.825. The maximum Gasteiger partial charge on any atom is 0.306 e. The number of hydrogen-bond donors (Lipinski definition) is 0. The highest BCUT2D eigenvalue weighted by Crippen LogP contribution is 2.12. The molecule has 0 heterocycles. The van der Waals surface area contributed by atoms with Gasteiger partial charge in [-0.2, -0.15) is 0 Å². The summed E-state index contributed by atoms with van der Waals surface area (Å²) >= 11 is 0. The van der Waals surface area contributed by atoms with Crippen LogP contribution in [-0.4, -0.2) is 37.2 Å². The summed E-state index contributed by atoms with van der Waals surface area (Å²) < 4.78 is 16.7. The van der Waals surface area contributed by atoms with Crippen LogP contribution < -0.4 is 0 Å². The van der Waals surface area contributed by atoms with Gasteiger partial charge in [0.2, 0.25) is 0 Å². The van der Waals surface area contributed by atoms with Crippen molar-refractivity contribution in [3.63, 3.8) is 0 Å². The van der Waals surface area contributed by atoms with E-state index in [-0.39, 0.29) is 44.0 Å². The Kier molecular flexibility index (Phi) is 47.1. The van der Waals surface area contributed by atoms with E-state index in [1.165, 1.54) is 57.8 Å². The first kappa shape index (κ1) is 58.8. The predicted octanol–water partition coefficient (Wildman–Crippen LogP) is 16.5. The molecule has 6 nitrogen and oxygen atoms in total. The summed E-state index contributed by atoms with van der Waals surface area (Å²) in [6.07, 6.45) is 69.0. The van der Waals surface area contributed by atoms with Crippen LogP contribution in [-0.2, 0) is 28.6 Å². The van der Waals surface area contributed by atoms with Gasteiger partial charge in [0.15, 0.2) is 6.10 Å². The number of carbonyl (C=O) groups excluding carboxylic acids is 3. The number of allylic oxidation sites excluding steroid dienone is 20. The quantitative estimate of drug-likeness (QED) is 0.0200. The number of unbranched alkanes of at least 4 members (excludes halogenated alkanes) is 16. The zero-order valence-electron chi connectivity index (χ0n) is 40.3. The second kappa shape index (κ2) is 50.5. The molecule has 0 amide bonds. The first-order valence-corrected chi connectivity index (χ1v) is 25.1. The summed E-state index contributed by atoms with van der Waals surface area (Å²) in [6.45, 7) is 6.32. The monoisotopic (exact) mass is 871 g/mol. The van der Waals surface area contributed by atoms with Gasteiger partial charge in [-0.15, -0.1) is 0 Å². The molecule has 0 saturated heterocycles. The molecule has 0 aromatic rings. The van der Waals surface area contributed by atoms with Crippen molar-refractivity contribution in [1.82, 2.24) is 0 Å². The molecule has 0 bridgehead atoms. The lowest BCUT2D eigenvalue weighted by Gasteiger charge is -2.18. The van der Waals surface area contributed by atoms with E-state index in [2.05, 4.69) is 106 Å². The van der Waals surface area contributed by atoms with Crippen molar-refractivity contribution in [1.29, 1.82) is 0 Å². The lowest BCUT2D eigenvalue weighted by Crippen LogP contribution is -2.30. The SMILES string of the molecule is CC\C=C/C=C\C=C/C=C\CCCCCC(=O)OCC(COC(=O)CCC/C=C\C/C=C\C/C=C\C/C=C\CCCCC)OC(=O)CCCCCCCC/C=C\C=C/CCCCC. The highest BCUT2D eigenvalue weighted by molar-refractivity contribution is 5.71. The molecule has 0 radical (unpaired) electrons. The zero-order chi connectivity index (χ0) is 45.8. The predicted molar refractivity (Wildman–Crippen MR) is 269 cm³/mol. The van der Waals surface area contributed by atoms with Gasteiger partial charge in [-0.05, 0) is 103 Å². The fourth-order valence-electron chi connectivity index (χ4n) is 6.26. The largest absolute Gasteiger partial charge is 0.462 e. The Balaban J connectivity index is 4.58. The molecule has 0 rings (SSSR count). The van der Waals surface area contributed by atoms with Gasteiger partial charge < -0.3 is 14.2 Å². The molecule has 0 spiro atoms. The normalized spacial score (nSPS) is 13.1. The van der Waals surface area contributed by atoms with E-state index in [0.29, 0.717) is 12.8 Å². The molecule has 0 aliphatic rings. The molecule has 0 aliphatic carbocycles. The molecule has 0 aliphatic heterocycles. The van der Waals surface area contributed by atoms with Crippen LogP contribution in [0.1, 0.15) is 201 Å². The summed E-state index contributed by atoms with van der Waals surface area (Å²) in [6, 6.07) is 0. The van der Waals surface area contributed by atoms with E-state index in [1.807, 2.05) is 36.5 Å². The first-order valence-electron chi connectivity index (χ1n) is 25.1. The average molecular weight is 871 g/mol. The third-order valence-electron chi connectivity index (χ3n) is 10.0. The second-order valence-electron chi connectivity index (χ2n) is 16.1. The number of esters is 3. The van der Waals surface area contributed by atoms with Crippen LogP contribution >= 0.6 is 0 Å². The fourth-order valence-corrected chi connectivity index (χ4v) is 6.26. The summed E-state index contributed by atoms with van der Waals surface area (Å²) in [4.78, 5) is 37.9. The Morgan fingerprint density at radius 2 is 0.698 bits per heavy atom. The van der Waals surface area contributed by atoms with E-state index in [9.17, 15) is 14.4 Å². The van der Waals surface area contributed by atoms with E-state index < -0.39 is 6.10 Å². The van der Waals surface area contributed by atoms with Crippen LogP contribution in [0.25, 0.3) is 0 Å². The average Bonchev–Trinajstić information content (AvgIpc) is 3.28. The van der Waals surface area contributed by atoms with Crippen molar-refractivity contribution in [2.24, 2.45) is 0 Å². The summed E-state index contributed by atoms with van der Waals surface area (Å²) in [5.74, 6) is -1.04. The molecule has 6 heteroatoms. The lowest BCUT2D eigenvalue weighted by atomic mass is 10.1. The Labute approximate surface area is 386 Å². The van der Waals surface area contributed by atoms with Gasteiger partial charge in [0, 0.05) is 19.3 Å². The highest BCUT2D eigenvalue weighted by atomic mass is 16.6. The minimum Gasteiger partial charge on any atom is -0.462 e. The molecule has 0 fully saturated rings. The Bertz CT molecular complexity index is 1370. The maximum absolute atomic E-state index is 12.8.